The van der Waals surface area contributed by atoms with E-state index in [1.165, 1.54) is 13.8 Å². The number of hydrogen-bond acceptors (Lipinski definition) is 13. The predicted molar refractivity (Wildman–Crippen MR) is 297 cm³/mol. The average Bonchev–Trinajstić information content (AvgIpc) is 1.62. The molecule has 17 unspecified atom stereocenters. The maximum atomic E-state index is 13.5. The fraction of sp³-hybridized carbons (Fsp3) is 0.892. The molecule has 0 aromatic rings. The first-order valence-electron chi connectivity index (χ1n) is 32.8. The summed E-state index contributed by atoms with van der Waals surface area (Å²) in [6.45, 7) is 12.9. The van der Waals surface area contributed by atoms with Gasteiger partial charge >= 0.3 is 60.7 Å². The lowest BCUT2D eigenvalue weighted by Crippen LogP contribution is -2.61. The van der Waals surface area contributed by atoms with Gasteiger partial charge in [-0.1, -0.05) is 41.2 Å². The van der Waals surface area contributed by atoms with Gasteiger partial charge in [-0.05, 0) is 202 Å². The fourth-order valence-corrected chi connectivity index (χ4v) is 19.8. The number of esters is 5. The Morgan fingerprint density at radius 3 is 1.45 bits per heavy atom. The summed E-state index contributed by atoms with van der Waals surface area (Å²) in [5.74, 6) is -6.70. The second-order valence-corrected chi connectivity index (χ2v) is 30.8. The minimum atomic E-state index is -5.69. The van der Waals surface area contributed by atoms with Gasteiger partial charge in [0, 0.05) is 24.7 Å². The number of carbonyl (C=O) groups excluding carboxylic acids is 5. The van der Waals surface area contributed by atoms with Crippen molar-refractivity contribution in [2.75, 3.05) is 0 Å². The highest BCUT2D eigenvalue weighted by Gasteiger charge is 2.74. The van der Waals surface area contributed by atoms with Crippen LogP contribution in [0.1, 0.15) is 196 Å². The highest BCUT2D eigenvalue weighted by molar-refractivity contribution is 5.89. The van der Waals surface area contributed by atoms with E-state index in [1.807, 2.05) is 20.8 Å². The summed E-state index contributed by atoms with van der Waals surface area (Å²) in [4.78, 5) is 62.2. The lowest BCUT2D eigenvalue weighted by atomic mass is 9.52. The third kappa shape index (κ3) is 13.4. The van der Waals surface area contributed by atoms with Crippen molar-refractivity contribution in [1.82, 2.24) is 0 Å². The second kappa shape index (κ2) is 24.4. The van der Waals surface area contributed by atoms with Crippen molar-refractivity contribution in [3.05, 3.63) is 12.2 Å². The summed E-state index contributed by atoms with van der Waals surface area (Å²) in [5.41, 5.74) is -15.3. The zero-order chi connectivity index (χ0) is 69.4. The summed E-state index contributed by atoms with van der Waals surface area (Å²) in [6, 6.07) is 0. The molecule has 13 aliphatic carbocycles. The summed E-state index contributed by atoms with van der Waals surface area (Å²) in [7, 11) is 0. The summed E-state index contributed by atoms with van der Waals surface area (Å²) >= 11 is 0. The van der Waals surface area contributed by atoms with Crippen LogP contribution in [0.3, 0.4) is 0 Å². The van der Waals surface area contributed by atoms with Crippen LogP contribution in [-0.4, -0.2) is 122 Å². The Hall–Kier alpha value is -4.08. The van der Waals surface area contributed by atoms with Gasteiger partial charge in [0.25, 0.3) is 5.60 Å². The zero-order valence-corrected chi connectivity index (χ0v) is 53.2. The van der Waals surface area contributed by atoms with Crippen LogP contribution < -0.4 is 0 Å². The summed E-state index contributed by atoms with van der Waals surface area (Å²) in [5, 5.41) is 30.3. The maximum Gasteiger partial charge on any atom is 0.426 e. The molecule has 14 aliphatic rings. The molecule has 0 aromatic heterocycles. The molecular formula is C65H87F15O13. The highest BCUT2D eigenvalue weighted by atomic mass is 19.4. The van der Waals surface area contributed by atoms with Crippen LogP contribution in [0.5, 0.6) is 0 Å². The molecule has 93 heavy (non-hydrogen) atoms. The standard InChI is InChI=1S/C22H29F3O6.C16H23F3O3.C14H17F3O3.C13H18F6O/c1-4-20(3,22(23,24)25)19(28)30-16-12-10-11-13(17(26)29-15(11)16)14(12)18(27)31-21(5-2)8-6-7-9-21;1-3-13(2,16(17,18)19)12(20)22-15-7-10-4-11(8-15)6-14(21,5-10)9-15;1-8(14(15,16)17)11(18)20-13-5-9-2-10(6-13)4-12(19,3-9)7-13;1-6-7(2)10-4-8(6)3-9(10)5-11(20,12(14,15)16)13(17,18)19/h11-16H,4-10H2,1-3H3;10-11,21H,3-9H2,1-2H3;9-10,19H,1-7H2;6-10,20H,3-5H2,1-2H3. The Kier molecular flexibility index (Phi) is 19.2. The first-order valence-corrected chi connectivity index (χ1v) is 32.8. The molecule has 12 bridgehead atoms. The van der Waals surface area contributed by atoms with Gasteiger partial charge in [0.1, 0.15) is 34.6 Å². The summed E-state index contributed by atoms with van der Waals surface area (Å²) < 4.78 is 221. The molecule has 0 amide bonds. The minimum Gasteiger partial charge on any atom is -0.459 e. The predicted octanol–water partition coefficient (Wildman–Crippen LogP) is 14.4. The van der Waals surface area contributed by atoms with Gasteiger partial charge in [0.2, 0.25) is 0 Å². The average molecular weight is 1360 g/mol. The number of ether oxygens (including phenoxy) is 5. The smallest absolute Gasteiger partial charge is 0.426 e. The molecular weight excluding hydrogens is 1270 g/mol. The quantitative estimate of drug-likeness (QED) is 0.0683. The van der Waals surface area contributed by atoms with E-state index >= 15 is 0 Å². The maximum absolute atomic E-state index is 13.5. The van der Waals surface area contributed by atoms with Crippen LogP contribution in [0.25, 0.3) is 0 Å². The van der Waals surface area contributed by atoms with E-state index in [9.17, 15) is 105 Å². The monoisotopic (exact) mass is 1360 g/mol. The van der Waals surface area contributed by atoms with Crippen molar-refractivity contribution in [2.45, 2.75) is 273 Å². The molecule has 0 aromatic carbocycles. The van der Waals surface area contributed by atoms with Crippen LogP contribution in [-0.2, 0) is 47.7 Å². The molecule has 0 spiro atoms. The molecule has 1 saturated heterocycles. The van der Waals surface area contributed by atoms with Gasteiger partial charge in [0.05, 0.1) is 23.0 Å². The molecule has 28 heteroatoms. The minimum absolute atomic E-state index is 0.115. The Labute approximate surface area is 530 Å². The number of carbonyl (C=O) groups is 5. The van der Waals surface area contributed by atoms with Gasteiger partial charge in [-0.25, -0.2) is 4.79 Å². The Balaban J connectivity index is 0.000000149. The van der Waals surface area contributed by atoms with Crippen molar-refractivity contribution in [3.63, 3.8) is 0 Å². The largest absolute Gasteiger partial charge is 0.459 e. The number of halogens is 15. The zero-order valence-electron chi connectivity index (χ0n) is 53.2. The molecule has 0 radical (unpaired) electrons. The third-order valence-electron chi connectivity index (χ3n) is 24.8. The Morgan fingerprint density at radius 2 is 1.05 bits per heavy atom. The van der Waals surface area contributed by atoms with Crippen LogP contribution in [0.4, 0.5) is 65.9 Å². The first kappa shape index (κ1) is 73.2. The van der Waals surface area contributed by atoms with Gasteiger partial charge in [-0.15, -0.1) is 0 Å². The molecule has 14 fully saturated rings. The van der Waals surface area contributed by atoms with Crippen molar-refractivity contribution < 1.29 is 129 Å². The topological polar surface area (TPSA) is 192 Å². The summed E-state index contributed by atoms with van der Waals surface area (Å²) in [6.07, 6.45) is -16.5. The van der Waals surface area contributed by atoms with Gasteiger partial charge in [-0.3, -0.25) is 19.2 Å². The normalized spacial score (nSPS) is 40.1. The molecule has 530 valence electrons. The number of alkyl halides is 15. The molecule has 1 aliphatic heterocycles. The van der Waals surface area contributed by atoms with Crippen LogP contribution in [0, 0.1) is 87.8 Å². The van der Waals surface area contributed by atoms with Crippen molar-refractivity contribution in [1.29, 1.82) is 0 Å². The van der Waals surface area contributed by atoms with Crippen molar-refractivity contribution in [2.24, 2.45) is 87.8 Å². The van der Waals surface area contributed by atoms with E-state index in [0.29, 0.717) is 83.0 Å². The van der Waals surface area contributed by atoms with Crippen molar-refractivity contribution >= 4 is 29.8 Å². The van der Waals surface area contributed by atoms with Crippen LogP contribution >= 0.6 is 0 Å². The number of hydrogen-bond donors (Lipinski definition) is 3. The van der Waals surface area contributed by atoms with E-state index in [-0.39, 0.29) is 66.6 Å². The SMILES string of the molecule is C=C(C(=O)OC12CC3CC(CC(O)(C3)C1)C2)C(F)(F)F.CC1C2CC(CC(O)(C(F)(F)F)C(F)(F)F)C(C2)C1C.CCC(C)(C(=O)OC12CC3CC(CC(O)(C3)C1)C2)C(F)(F)F.CCC1(OC(=O)C2C3CC4C(OC(=O)C42)C3OC(=O)C(C)(CC)C(F)(F)F)CCCC1. The molecule has 1 heterocycles. The highest BCUT2D eigenvalue weighted by Crippen LogP contribution is 2.64. The van der Waals surface area contributed by atoms with E-state index < -0.39 is 159 Å². The molecule has 14 rings (SSSR count). The lowest BCUT2D eigenvalue weighted by Gasteiger charge is -2.59. The Bertz CT molecular complexity index is 2800. The van der Waals surface area contributed by atoms with Crippen molar-refractivity contribution in [3.8, 4) is 0 Å². The molecule has 3 N–H and O–H groups in total. The lowest BCUT2D eigenvalue weighted by molar-refractivity contribution is -0.373. The fourth-order valence-electron chi connectivity index (χ4n) is 19.8. The van der Waals surface area contributed by atoms with E-state index in [1.54, 1.807) is 0 Å². The molecule has 13 saturated carbocycles. The van der Waals surface area contributed by atoms with Gasteiger partial charge < -0.3 is 39.0 Å². The van der Waals surface area contributed by atoms with Crippen LogP contribution in [0.2, 0.25) is 0 Å². The van der Waals surface area contributed by atoms with E-state index in [2.05, 4.69) is 6.58 Å². The first-order chi connectivity index (χ1) is 42.5. The molecule has 17 atom stereocenters. The number of rotatable bonds is 13. The van der Waals surface area contributed by atoms with Crippen LogP contribution in [0.15, 0.2) is 12.2 Å². The molecule has 13 nitrogen and oxygen atoms in total. The van der Waals surface area contributed by atoms with E-state index in [4.69, 9.17) is 23.7 Å². The second-order valence-electron chi connectivity index (χ2n) is 30.8. The van der Waals surface area contributed by atoms with E-state index in [0.717, 1.165) is 52.4 Å². The Morgan fingerprint density at radius 1 is 0.591 bits per heavy atom. The number of aliphatic hydroxyl groups is 3. The number of fused-ring (bicyclic) bond motifs is 3. The van der Waals surface area contributed by atoms with Gasteiger partial charge in [0.15, 0.2) is 10.8 Å². The van der Waals surface area contributed by atoms with Gasteiger partial charge in [-0.2, -0.15) is 65.9 Å². The third-order valence-corrected chi connectivity index (χ3v) is 24.8.